The molecule has 0 aliphatic rings. The van der Waals surface area contributed by atoms with Crippen molar-refractivity contribution in [1.82, 2.24) is 9.55 Å². The van der Waals surface area contributed by atoms with E-state index >= 15 is 0 Å². The number of nitrogens with one attached hydrogen (secondary N) is 1. The number of aromatic nitrogens is 2. The fraction of sp³-hybridized carbons (Fsp3) is 0.214. The quantitative estimate of drug-likeness (QED) is 0.881. The minimum Gasteiger partial charge on any atom is -0.321 e. The summed E-state index contributed by atoms with van der Waals surface area (Å²) in [6, 6.07) is 6.22. The molecule has 0 radical (unpaired) electrons. The highest BCUT2D eigenvalue weighted by molar-refractivity contribution is 6.33. The van der Waals surface area contributed by atoms with Crippen molar-refractivity contribution in [2.75, 3.05) is 5.32 Å². The first kappa shape index (κ1) is 14.3. The molecule has 2 aromatic rings. The number of rotatable bonds is 4. The molecule has 5 nitrogen and oxygen atoms in total. The van der Waals surface area contributed by atoms with Crippen LogP contribution >= 0.6 is 11.6 Å². The Hall–Kier alpha value is -2.14. The minimum atomic E-state index is -0.357. The van der Waals surface area contributed by atoms with Crippen molar-refractivity contribution in [3.05, 3.63) is 57.7 Å². The Labute approximate surface area is 121 Å². The molecule has 0 aliphatic carbocycles. The highest BCUT2D eigenvalue weighted by Gasteiger charge is 2.11. The third-order valence-corrected chi connectivity index (χ3v) is 3.01. The first-order valence-electron chi connectivity index (χ1n) is 6.24. The van der Waals surface area contributed by atoms with Crippen LogP contribution in [-0.4, -0.2) is 15.5 Å². The van der Waals surface area contributed by atoms with Crippen LogP contribution in [0.25, 0.3) is 0 Å². The smallest absolute Gasteiger partial charge is 0.258 e. The lowest BCUT2D eigenvalue weighted by Crippen LogP contribution is -2.20. The highest BCUT2D eigenvalue weighted by atomic mass is 35.5. The van der Waals surface area contributed by atoms with Gasteiger partial charge >= 0.3 is 0 Å². The van der Waals surface area contributed by atoms with Gasteiger partial charge in [0.1, 0.15) is 5.15 Å². The third kappa shape index (κ3) is 3.24. The summed E-state index contributed by atoms with van der Waals surface area (Å²) in [5.41, 5.74) is 0.745. The van der Waals surface area contributed by atoms with Crippen LogP contribution in [-0.2, 0) is 6.54 Å². The van der Waals surface area contributed by atoms with Crippen LogP contribution in [0.4, 0.5) is 5.69 Å². The Morgan fingerprint density at radius 2 is 2.20 bits per heavy atom. The van der Waals surface area contributed by atoms with Gasteiger partial charge in [-0.25, -0.2) is 4.98 Å². The average Bonchev–Trinajstić information content (AvgIpc) is 2.43. The van der Waals surface area contributed by atoms with Gasteiger partial charge in [-0.05, 0) is 24.6 Å². The number of carbonyl (C=O) groups excluding carboxylic acids is 1. The lowest BCUT2D eigenvalue weighted by atomic mass is 10.2. The third-order valence-electron chi connectivity index (χ3n) is 2.71. The van der Waals surface area contributed by atoms with Crippen LogP contribution in [0.1, 0.15) is 23.7 Å². The van der Waals surface area contributed by atoms with E-state index < -0.39 is 0 Å². The fourth-order valence-corrected chi connectivity index (χ4v) is 1.98. The van der Waals surface area contributed by atoms with E-state index in [1.54, 1.807) is 29.0 Å². The van der Waals surface area contributed by atoms with E-state index in [2.05, 4.69) is 10.3 Å². The number of carbonyl (C=O) groups is 1. The molecule has 0 saturated carbocycles. The van der Waals surface area contributed by atoms with E-state index in [9.17, 15) is 9.59 Å². The standard InChI is InChI=1S/C14H14ClN3O2/c1-2-8-18-9-10(5-6-12(18)19)17-14(20)11-4-3-7-16-13(11)15/h3-7,9H,2,8H2,1H3,(H,17,20). The Morgan fingerprint density at radius 3 is 2.90 bits per heavy atom. The maximum atomic E-state index is 12.1. The monoisotopic (exact) mass is 291 g/mol. The number of halogens is 1. The molecule has 0 atom stereocenters. The maximum absolute atomic E-state index is 12.1. The Morgan fingerprint density at radius 1 is 1.40 bits per heavy atom. The van der Waals surface area contributed by atoms with E-state index in [0.29, 0.717) is 17.8 Å². The zero-order valence-electron chi connectivity index (χ0n) is 11.0. The summed E-state index contributed by atoms with van der Waals surface area (Å²) in [5.74, 6) is -0.357. The Kier molecular flexibility index (Phi) is 4.53. The first-order valence-corrected chi connectivity index (χ1v) is 6.62. The largest absolute Gasteiger partial charge is 0.321 e. The number of hydrogen-bond acceptors (Lipinski definition) is 3. The normalized spacial score (nSPS) is 10.3. The van der Waals surface area contributed by atoms with Crippen molar-refractivity contribution in [3.63, 3.8) is 0 Å². The first-order chi connectivity index (χ1) is 9.61. The fourth-order valence-electron chi connectivity index (χ4n) is 1.77. The van der Waals surface area contributed by atoms with E-state index in [-0.39, 0.29) is 16.6 Å². The summed E-state index contributed by atoms with van der Waals surface area (Å²) < 4.78 is 1.56. The zero-order valence-corrected chi connectivity index (χ0v) is 11.7. The number of nitrogens with zero attached hydrogens (tertiary/aromatic N) is 2. The van der Waals surface area contributed by atoms with Crippen LogP contribution < -0.4 is 10.9 Å². The molecule has 0 unspecified atom stereocenters. The molecular formula is C14H14ClN3O2. The van der Waals surface area contributed by atoms with Gasteiger partial charge in [-0.2, -0.15) is 0 Å². The van der Waals surface area contributed by atoms with Gasteiger partial charge < -0.3 is 9.88 Å². The van der Waals surface area contributed by atoms with Crippen molar-refractivity contribution in [2.45, 2.75) is 19.9 Å². The summed E-state index contributed by atoms with van der Waals surface area (Å²) in [6.45, 7) is 2.59. The Balaban J connectivity index is 2.22. The molecule has 2 rings (SSSR count). The summed E-state index contributed by atoms with van der Waals surface area (Å²) >= 11 is 5.86. The molecule has 0 saturated heterocycles. The van der Waals surface area contributed by atoms with E-state index in [1.807, 2.05) is 6.92 Å². The van der Waals surface area contributed by atoms with Crippen LogP contribution in [0.2, 0.25) is 5.15 Å². The Bertz CT molecular complexity index is 682. The highest BCUT2D eigenvalue weighted by Crippen LogP contribution is 2.14. The van der Waals surface area contributed by atoms with Gasteiger partial charge in [-0.3, -0.25) is 9.59 Å². The molecule has 1 amide bonds. The summed E-state index contributed by atoms with van der Waals surface area (Å²) in [7, 11) is 0. The molecule has 0 fully saturated rings. The maximum Gasteiger partial charge on any atom is 0.258 e. The summed E-state index contributed by atoms with van der Waals surface area (Å²) in [6.07, 6.45) is 3.97. The molecule has 0 spiro atoms. The zero-order chi connectivity index (χ0) is 14.5. The summed E-state index contributed by atoms with van der Waals surface area (Å²) in [4.78, 5) is 27.5. The van der Waals surface area contributed by atoms with Crippen LogP contribution in [0, 0.1) is 0 Å². The second-order valence-corrected chi connectivity index (χ2v) is 4.60. The van der Waals surface area contributed by atoms with Crippen LogP contribution in [0.15, 0.2) is 41.5 Å². The van der Waals surface area contributed by atoms with E-state index in [4.69, 9.17) is 11.6 Å². The molecule has 104 valence electrons. The van der Waals surface area contributed by atoms with Crippen LogP contribution in [0.3, 0.4) is 0 Å². The van der Waals surface area contributed by atoms with Gasteiger partial charge in [0.15, 0.2) is 0 Å². The van der Waals surface area contributed by atoms with Crippen molar-refractivity contribution >= 4 is 23.2 Å². The van der Waals surface area contributed by atoms with Crippen LogP contribution in [0.5, 0.6) is 0 Å². The predicted molar refractivity (Wildman–Crippen MR) is 78.2 cm³/mol. The van der Waals surface area contributed by atoms with Crippen molar-refractivity contribution in [2.24, 2.45) is 0 Å². The van der Waals surface area contributed by atoms with Gasteiger partial charge in [0, 0.05) is 25.0 Å². The molecule has 0 aliphatic heterocycles. The number of amides is 1. The molecule has 2 aromatic heterocycles. The van der Waals surface area contributed by atoms with Crippen molar-refractivity contribution < 1.29 is 4.79 Å². The lowest BCUT2D eigenvalue weighted by molar-refractivity contribution is 0.102. The predicted octanol–water partition coefficient (Wildman–Crippen LogP) is 2.56. The second-order valence-electron chi connectivity index (χ2n) is 4.25. The van der Waals surface area contributed by atoms with E-state index in [0.717, 1.165) is 6.42 Å². The molecule has 6 heteroatoms. The van der Waals surface area contributed by atoms with E-state index in [1.165, 1.54) is 12.3 Å². The van der Waals surface area contributed by atoms with Gasteiger partial charge in [-0.15, -0.1) is 0 Å². The van der Waals surface area contributed by atoms with Gasteiger partial charge in [0.25, 0.3) is 11.5 Å². The number of pyridine rings is 2. The lowest BCUT2D eigenvalue weighted by Gasteiger charge is -2.09. The van der Waals surface area contributed by atoms with Gasteiger partial charge in [0.05, 0.1) is 11.3 Å². The topological polar surface area (TPSA) is 64.0 Å². The molecule has 1 N–H and O–H groups in total. The minimum absolute atomic E-state index is 0.0933. The van der Waals surface area contributed by atoms with Crippen molar-refractivity contribution in [3.8, 4) is 0 Å². The molecule has 0 aromatic carbocycles. The number of aryl methyl sites for hydroxylation is 1. The second kappa shape index (κ2) is 6.34. The molecule has 2 heterocycles. The van der Waals surface area contributed by atoms with Gasteiger partial charge in [0.2, 0.25) is 0 Å². The molecular weight excluding hydrogens is 278 g/mol. The van der Waals surface area contributed by atoms with Crippen molar-refractivity contribution in [1.29, 1.82) is 0 Å². The SMILES string of the molecule is CCCn1cc(NC(=O)c2cccnc2Cl)ccc1=O. The summed E-state index contributed by atoms with van der Waals surface area (Å²) in [5, 5.41) is 2.85. The molecule has 20 heavy (non-hydrogen) atoms. The number of anilines is 1. The average molecular weight is 292 g/mol. The van der Waals surface area contributed by atoms with Gasteiger partial charge in [-0.1, -0.05) is 18.5 Å². The molecule has 0 bridgehead atoms. The number of hydrogen-bond donors (Lipinski definition) is 1.